The number of rotatable bonds is 4. The fourth-order valence-electron chi connectivity index (χ4n) is 3.08. The Labute approximate surface area is 167 Å². The van der Waals surface area contributed by atoms with Crippen molar-refractivity contribution in [3.63, 3.8) is 0 Å². The Morgan fingerprint density at radius 2 is 1.93 bits per heavy atom. The van der Waals surface area contributed by atoms with E-state index in [9.17, 15) is 14.0 Å². The maximum atomic E-state index is 13.5. The van der Waals surface area contributed by atoms with Crippen molar-refractivity contribution in [1.82, 2.24) is 9.88 Å². The fraction of sp³-hybridized carbons (Fsp3) is 0.632. The van der Waals surface area contributed by atoms with Crippen LogP contribution in [0.15, 0.2) is 16.7 Å². The lowest BCUT2D eigenvalue weighted by molar-refractivity contribution is -0.158. The van der Waals surface area contributed by atoms with Crippen molar-refractivity contribution in [2.75, 3.05) is 19.7 Å². The highest BCUT2D eigenvalue weighted by Crippen LogP contribution is 2.37. The molecule has 1 aromatic heterocycles. The number of carbonyl (C=O) groups is 2. The molecule has 1 saturated heterocycles. The van der Waals surface area contributed by atoms with Crippen LogP contribution in [0.3, 0.4) is 0 Å². The molecule has 1 fully saturated rings. The van der Waals surface area contributed by atoms with Crippen LogP contribution < -0.4 is 0 Å². The van der Waals surface area contributed by atoms with Crippen LogP contribution in [0.5, 0.6) is 0 Å². The molecular weight excluding hydrogens is 419 g/mol. The molecule has 0 saturated carbocycles. The summed E-state index contributed by atoms with van der Waals surface area (Å²) >= 11 is 3.08. The van der Waals surface area contributed by atoms with Crippen molar-refractivity contribution in [2.24, 2.45) is 5.41 Å². The number of aromatic nitrogens is 1. The van der Waals surface area contributed by atoms with Gasteiger partial charge in [-0.15, -0.1) is 0 Å². The number of carbonyl (C=O) groups excluding carboxylic acids is 2. The number of ether oxygens (including phenoxy) is 2. The van der Waals surface area contributed by atoms with Crippen LogP contribution in [0.2, 0.25) is 0 Å². The van der Waals surface area contributed by atoms with E-state index >= 15 is 0 Å². The molecular formula is C19H26BrFN2O4. The molecule has 1 aromatic rings. The molecule has 2 heterocycles. The molecule has 1 aliphatic heterocycles. The van der Waals surface area contributed by atoms with Crippen LogP contribution in [-0.2, 0) is 20.7 Å². The van der Waals surface area contributed by atoms with Gasteiger partial charge in [-0.25, -0.2) is 14.2 Å². The van der Waals surface area contributed by atoms with Gasteiger partial charge in [0.2, 0.25) is 0 Å². The van der Waals surface area contributed by atoms with Crippen LogP contribution in [0.4, 0.5) is 9.18 Å². The molecule has 150 valence electrons. The van der Waals surface area contributed by atoms with Crippen molar-refractivity contribution < 1.29 is 23.5 Å². The SMILES string of the molecule is CCOC(=O)C1(Cc2ccc(F)c(Br)n2)CCN(C(=O)OC(C)(C)C)CC1. The van der Waals surface area contributed by atoms with Gasteiger partial charge in [0.25, 0.3) is 0 Å². The molecule has 0 bridgehead atoms. The average molecular weight is 445 g/mol. The Kier molecular flexibility index (Phi) is 6.83. The summed E-state index contributed by atoms with van der Waals surface area (Å²) in [6.07, 6.45) is 0.804. The van der Waals surface area contributed by atoms with E-state index in [0.29, 0.717) is 38.0 Å². The van der Waals surface area contributed by atoms with Gasteiger partial charge in [-0.2, -0.15) is 0 Å². The number of piperidine rings is 1. The van der Waals surface area contributed by atoms with Gasteiger partial charge < -0.3 is 14.4 Å². The van der Waals surface area contributed by atoms with Crippen molar-refractivity contribution in [3.05, 3.63) is 28.2 Å². The lowest BCUT2D eigenvalue weighted by Crippen LogP contribution is -2.49. The first-order valence-electron chi connectivity index (χ1n) is 9.02. The average Bonchev–Trinajstić information content (AvgIpc) is 2.57. The minimum absolute atomic E-state index is 0.116. The van der Waals surface area contributed by atoms with E-state index in [1.165, 1.54) is 6.07 Å². The zero-order valence-corrected chi connectivity index (χ0v) is 17.8. The standard InChI is InChI=1S/C19H26BrFN2O4/c1-5-26-16(24)19(12-13-6-7-14(21)15(20)22-13)8-10-23(11-9-19)17(25)27-18(2,3)4/h6-7H,5,8-12H2,1-4H3. The normalized spacial score (nSPS) is 16.7. The van der Waals surface area contributed by atoms with Gasteiger partial charge in [-0.05, 0) is 68.6 Å². The number of nitrogens with zero attached hydrogens (tertiary/aromatic N) is 2. The van der Waals surface area contributed by atoms with Crippen LogP contribution in [-0.4, -0.2) is 47.2 Å². The maximum absolute atomic E-state index is 13.5. The second-order valence-corrected chi connectivity index (χ2v) is 8.47. The number of hydrogen-bond acceptors (Lipinski definition) is 5. The zero-order valence-electron chi connectivity index (χ0n) is 16.2. The Hall–Kier alpha value is -1.70. The number of halogens is 2. The van der Waals surface area contributed by atoms with Crippen LogP contribution in [0.1, 0.15) is 46.2 Å². The Morgan fingerprint density at radius 1 is 1.30 bits per heavy atom. The highest BCUT2D eigenvalue weighted by molar-refractivity contribution is 9.10. The van der Waals surface area contributed by atoms with E-state index in [4.69, 9.17) is 9.47 Å². The van der Waals surface area contributed by atoms with Crippen molar-refractivity contribution in [1.29, 1.82) is 0 Å². The molecule has 1 amide bonds. The third kappa shape index (κ3) is 5.64. The third-order valence-corrected chi connectivity index (χ3v) is 5.02. The molecule has 2 rings (SSSR count). The molecule has 0 aromatic carbocycles. The molecule has 0 unspecified atom stereocenters. The van der Waals surface area contributed by atoms with Crippen molar-refractivity contribution >= 4 is 28.0 Å². The molecule has 8 heteroatoms. The van der Waals surface area contributed by atoms with Gasteiger partial charge in [-0.3, -0.25) is 4.79 Å². The van der Waals surface area contributed by atoms with Gasteiger partial charge in [0.05, 0.1) is 12.0 Å². The summed E-state index contributed by atoms with van der Waals surface area (Å²) in [6.45, 7) is 8.25. The van der Waals surface area contributed by atoms with Gasteiger partial charge in [0, 0.05) is 25.2 Å². The molecule has 1 aliphatic rings. The molecule has 0 spiro atoms. The van der Waals surface area contributed by atoms with E-state index < -0.39 is 16.8 Å². The van der Waals surface area contributed by atoms with Crippen LogP contribution in [0, 0.1) is 11.2 Å². The Morgan fingerprint density at radius 3 is 2.44 bits per heavy atom. The summed E-state index contributed by atoms with van der Waals surface area (Å²) in [5, 5.41) is 0. The first-order valence-corrected chi connectivity index (χ1v) is 9.82. The quantitative estimate of drug-likeness (QED) is 0.516. The number of pyridine rings is 1. The monoisotopic (exact) mass is 444 g/mol. The van der Waals surface area contributed by atoms with E-state index in [-0.39, 0.29) is 23.3 Å². The molecule has 0 atom stereocenters. The number of likely N-dealkylation sites (tertiary alicyclic amines) is 1. The van der Waals surface area contributed by atoms with E-state index in [1.54, 1.807) is 17.9 Å². The second kappa shape index (κ2) is 8.54. The van der Waals surface area contributed by atoms with E-state index in [0.717, 1.165) is 0 Å². The summed E-state index contributed by atoms with van der Waals surface area (Å²) in [7, 11) is 0. The number of hydrogen-bond donors (Lipinski definition) is 0. The van der Waals surface area contributed by atoms with Crippen molar-refractivity contribution in [3.8, 4) is 0 Å². The first kappa shape index (κ1) is 21.6. The number of amides is 1. The third-order valence-electron chi connectivity index (χ3n) is 4.46. The highest BCUT2D eigenvalue weighted by Gasteiger charge is 2.44. The first-order chi connectivity index (χ1) is 12.6. The Bertz CT molecular complexity index is 697. The Balaban J connectivity index is 2.15. The highest BCUT2D eigenvalue weighted by atomic mass is 79.9. The van der Waals surface area contributed by atoms with Crippen molar-refractivity contribution in [2.45, 2.75) is 52.6 Å². The fourth-order valence-corrected chi connectivity index (χ4v) is 3.44. The number of esters is 1. The smallest absolute Gasteiger partial charge is 0.410 e. The van der Waals surface area contributed by atoms with E-state index in [1.807, 2.05) is 20.8 Å². The summed E-state index contributed by atoms with van der Waals surface area (Å²) in [5.41, 5.74) is -0.766. The largest absolute Gasteiger partial charge is 0.466 e. The van der Waals surface area contributed by atoms with Crippen LogP contribution in [0.25, 0.3) is 0 Å². The summed E-state index contributed by atoms with van der Waals surface area (Å²) in [6, 6.07) is 2.89. The topological polar surface area (TPSA) is 68.7 Å². The van der Waals surface area contributed by atoms with Gasteiger partial charge in [0.1, 0.15) is 10.2 Å². The van der Waals surface area contributed by atoms with Crippen LogP contribution >= 0.6 is 15.9 Å². The zero-order chi connectivity index (χ0) is 20.2. The predicted octanol–water partition coefficient (Wildman–Crippen LogP) is 4.11. The van der Waals surface area contributed by atoms with Gasteiger partial charge in [0.15, 0.2) is 5.82 Å². The minimum atomic E-state index is -0.793. The minimum Gasteiger partial charge on any atom is -0.466 e. The maximum Gasteiger partial charge on any atom is 0.410 e. The molecule has 0 N–H and O–H groups in total. The molecule has 27 heavy (non-hydrogen) atoms. The van der Waals surface area contributed by atoms with Gasteiger partial charge >= 0.3 is 12.1 Å². The molecule has 0 radical (unpaired) electrons. The van der Waals surface area contributed by atoms with E-state index in [2.05, 4.69) is 20.9 Å². The molecule has 6 nitrogen and oxygen atoms in total. The summed E-state index contributed by atoms with van der Waals surface area (Å²) in [4.78, 5) is 30.8. The second-order valence-electron chi connectivity index (χ2n) is 7.72. The summed E-state index contributed by atoms with van der Waals surface area (Å²) in [5.74, 6) is -0.764. The lowest BCUT2D eigenvalue weighted by Gasteiger charge is -2.40. The van der Waals surface area contributed by atoms with Gasteiger partial charge in [-0.1, -0.05) is 0 Å². The summed E-state index contributed by atoms with van der Waals surface area (Å²) < 4.78 is 24.3. The molecule has 0 aliphatic carbocycles. The lowest BCUT2D eigenvalue weighted by atomic mass is 9.74. The predicted molar refractivity (Wildman–Crippen MR) is 102 cm³/mol.